The molecule has 7 unspecified atom stereocenters. The van der Waals surface area contributed by atoms with Crippen LogP contribution in [0.2, 0.25) is 0 Å². The van der Waals surface area contributed by atoms with Crippen molar-refractivity contribution < 1.29 is 0 Å². The van der Waals surface area contributed by atoms with Crippen molar-refractivity contribution in [2.75, 3.05) is 0 Å². The van der Waals surface area contributed by atoms with Crippen LogP contribution in [0.4, 0.5) is 0 Å². The molecule has 256 valence electrons. The highest BCUT2D eigenvalue weighted by Crippen LogP contribution is 2.66. The Labute approximate surface area is 316 Å². The summed E-state index contributed by atoms with van der Waals surface area (Å²) in [6, 6.07) is 39.7. The summed E-state index contributed by atoms with van der Waals surface area (Å²) in [5.41, 5.74) is 10.4. The molecule has 0 N–H and O–H groups in total. The highest BCUT2D eigenvalue weighted by atomic mass is 32.2. The molecule has 1 aromatic heterocycles. The maximum absolute atomic E-state index is 2.74. The molecular weight excluding hydrogens is 667 g/mol. The second kappa shape index (κ2) is 12.5. The van der Waals surface area contributed by atoms with Crippen molar-refractivity contribution in [2.45, 2.75) is 63.9 Å². The molecule has 52 heavy (non-hydrogen) atoms. The first-order chi connectivity index (χ1) is 25.8. The fraction of sp³-hybridized carbons (Fsp3) is 0.265. The van der Waals surface area contributed by atoms with Crippen LogP contribution < -0.4 is 0 Å². The topological polar surface area (TPSA) is 4.93 Å². The summed E-state index contributed by atoms with van der Waals surface area (Å²) < 4.78 is 2.72. The first kappa shape index (κ1) is 31.4. The van der Waals surface area contributed by atoms with Crippen LogP contribution in [0.3, 0.4) is 0 Å². The van der Waals surface area contributed by atoms with Crippen LogP contribution in [0.15, 0.2) is 168 Å². The quantitative estimate of drug-likeness (QED) is 0.172. The monoisotopic (exact) mass is 709 g/mol. The van der Waals surface area contributed by atoms with Gasteiger partial charge in [-0.3, -0.25) is 0 Å². The lowest BCUT2D eigenvalue weighted by Gasteiger charge is -2.59. The Hall–Kier alpha value is -4.18. The molecule has 1 saturated heterocycles. The molecule has 1 nitrogen and oxygen atoms in total. The molecule has 2 aliphatic heterocycles. The number of thioether (sulfide) groups is 1. The third-order valence-corrected chi connectivity index (χ3v) is 16.1. The highest BCUT2D eigenvalue weighted by molar-refractivity contribution is 8.01. The largest absolute Gasteiger partial charge is 0.337 e. The minimum atomic E-state index is -0.127. The molecule has 0 amide bonds. The molecule has 7 atom stereocenters. The van der Waals surface area contributed by atoms with Crippen molar-refractivity contribution in [1.82, 2.24) is 4.57 Å². The van der Waals surface area contributed by atoms with Gasteiger partial charge in [0.1, 0.15) is 0 Å². The number of fused-ring (bicyclic) bond motifs is 11. The van der Waals surface area contributed by atoms with E-state index in [0.29, 0.717) is 40.2 Å². The molecular formula is C49H43NS2. The standard InChI is InChI=1S/C49H43NS2/c1-3-14-32(15-4-1)36-19-13-22-42-48(36)52-47-31-34(27-29-41(47)49(42)39-20-8-11-24-45(39)51-46-25-12-9-21-40(46)49)33-26-28-38-37-18-7-10-23-43(37)50(44(38)30-33)35-16-5-2-6-17-35/h1-16,18-25,27,29,33-35,41-42,47-48H,17,26,28,30-31H2. The molecule has 4 aromatic carbocycles. The van der Waals surface area contributed by atoms with Crippen LogP contribution in [-0.2, 0) is 18.3 Å². The summed E-state index contributed by atoms with van der Waals surface area (Å²) in [5.74, 6) is 2.01. The lowest BCUT2D eigenvalue weighted by molar-refractivity contribution is 0.222. The van der Waals surface area contributed by atoms with Gasteiger partial charge in [0.2, 0.25) is 0 Å². The highest BCUT2D eigenvalue weighted by Gasteiger charge is 2.60. The average Bonchev–Trinajstić information content (AvgIpc) is 3.55. The van der Waals surface area contributed by atoms with Crippen molar-refractivity contribution in [2.24, 2.45) is 23.7 Å². The number of benzene rings is 4. The molecule has 6 aliphatic rings. The zero-order valence-electron chi connectivity index (χ0n) is 29.4. The van der Waals surface area contributed by atoms with Crippen molar-refractivity contribution >= 4 is 40.0 Å². The number of hydrogen-bond acceptors (Lipinski definition) is 2. The van der Waals surface area contributed by atoms with Crippen molar-refractivity contribution in [3.63, 3.8) is 0 Å². The van der Waals surface area contributed by atoms with E-state index in [2.05, 4.69) is 174 Å². The van der Waals surface area contributed by atoms with Crippen LogP contribution in [0.5, 0.6) is 0 Å². The number of para-hydroxylation sites is 1. The Morgan fingerprint density at radius 3 is 2.27 bits per heavy atom. The van der Waals surface area contributed by atoms with Crippen molar-refractivity contribution in [3.05, 3.63) is 186 Å². The van der Waals surface area contributed by atoms with Crippen LogP contribution in [0, 0.1) is 23.7 Å². The Balaban J connectivity index is 1.03. The van der Waals surface area contributed by atoms with Gasteiger partial charge in [-0.05, 0) is 90.0 Å². The van der Waals surface area contributed by atoms with Gasteiger partial charge in [0.05, 0.1) is 6.04 Å². The van der Waals surface area contributed by atoms with Gasteiger partial charge in [-0.25, -0.2) is 0 Å². The zero-order chi connectivity index (χ0) is 34.2. The molecule has 4 aliphatic carbocycles. The zero-order valence-corrected chi connectivity index (χ0v) is 31.0. The minimum absolute atomic E-state index is 0.127. The summed E-state index contributed by atoms with van der Waals surface area (Å²) in [6.45, 7) is 0. The van der Waals surface area contributed by atoms with Gasteiger partial charge in [0.15, 0.2) is 0 Å². The van der Waals surface area contributed by atoms with Gasteiger partial charge in [0, 0.05) is 54.1 Å². The minimum Gasteiger partial charge on any atom is -0.337 e. The Kier molecular flexibility index (Phi) is 7.51. The molecule has 0 saturated carbocycles. The van der Waals surface area contributed by atoms with E-state index in [-0.39, 0.29) is 5.41 Å². The summed E-state index contributed by atoms with van der Waals surface area (Å²) in [5, 5.41) is 2.39. The van der Waals surface area contributed by atoms with E-state index >= 15 is 0 Å². The van der Waals surface area contributed by atoms with E-state index in [9.17, 15) is 0 Å². The number of allylic oxidation sites excluding steroid dienone is 9. The van der Waals surface area contributed by atoms with Gasteiger partial charge >= 0.3 is 0 Å². The third-order valence-electron chi connectivity index (χ3n) is 13.3. The van der Waals surface area contributed by atoms with E-state index in [1.54, 1.807) is 11.3 Å². The molecule has 11 rings (SSSR count). The smallest absolute Gasteiger partial charge is 0.0557 e. The average molecular weight is 710 g/mol. The Morgan fingerprint density at radius 1 is 0.692 bits per heavy atom. The van der Waals surface area contributed by atoms with E-state index in [1.807, 2.05) is 11.8 Å². The van der Waals surface area contributed by atoms with E-state index in [4.69, 9.17) is 0 Å². The molecule has 5 aromatic rings. The Morgan fingerprint density at radius 2 is 1.46 bits per heavy atom. The number of nitrogens with zero attached hydrogens (tertiary/aromatic N) is 1. The summed E-state index contributed by atoms with van der Waals surface area (Å²) >= 11 is 4.28. The van der Waals surface area contributed by atoms with Crippen LogP contribution >= 0.6 is 23.5 Å². The molecule has 0 radical (unpaired) electrons. The third kappa shape index (κ3) is 4.64. The molecule has 1 spiro atoms. The number of aromatic nitrogens is 1. The predicted octanol–water partition coefficient (Wildman–Crippen LogP) is 12.2. The maximum Gasteiger partial charge on any atom is 0.0557 e. The number of aryl methyl sites for hydroxylation is 1. The Bertz CT molecular complexity index is 2310. The molecule has 3 heterocycles. The summed E-state index contributed by atoms with van der Waals surface area (Å²) in [4.78, 5) is 2.87. The second-order valence-electron chi connectivity index (χ2n) is 15.7. The fourth-order valence-electron chi connectivity index (χ4n) is 11.2. The summed E-state index contributed by atoms with van der Waals surface area (Å²) in [6.07, 6.45) is 28.0. The summed E-state index contributed by atoms with van der Waals surface area (Å²) in [7, 11) is 0. The second-order valence-corrected chi connectivity index (χ2v) is 18.2. The van der Waals surface area contributed by atoms with E-state index in [1.165, 1.54) is 68.6 Å². The van der Waals surface area contributed by atoms with Crippen LogP contribution in [-0.4, -0.2) is 15.1 Å². The normalized spacial score (nSPS) is 29.2. The van der Waals surface area contributed by atoms with Crippen LogP contribution in [0.25, 0.3) is 16.5 Å². The van der Waals surface area contributed by atoms with Gasteiger partial charge in [-0.2, -0.15) is 0 Å². The predicted molar refractivity (Wildman–Crippen MR) is 220 cm³/mol. The first-order valence-corrected chi connectivity index (χ1v) is 21.1. The van der Waals surface area contributed by atoms with Crippen molar-refractivity contribution in [1.29, 1.82) is 0 Å². The van der Waals surface area contributed by atoms with Gasteiger partial charge in [-0.15, -0.1) is 11.8 Å². The maximum atomic E-state index is 2.74. The van der Waals surface area contributed by atoms with E-state index < -0.39 is 0 Å². The first-order valence-electron chi connectivity index (χ1n) is 19.4. The van der Waals surface area contributed by atoms with Gasteiger partial charge in [-0.1, -0.05) is 151 Å². The van der Waals surface area contributed by atoms with Gasteiger partial charge < -0.3 is 4.57 Å². The van der Waals surface area contributed by atoms with Gasteiger partial charge in [0.25, 0.3) is 0 Å². The molecule has 1 fully saturated rings. The number of rotatable bonds is 3. The van der Waals surface area contributed by atoms with E-state index in [0.717, 1.165) is 6.42 Å². The van der Waals surface area contributed by atoms with Crippen molar-refractivity contribution in [3.8, 4) is 0 Å². The number of hydrogen-bond donors (Lipinski definition) is 0. The molecule has 3 heteroatoms. The SMILES string of the molecule is C1=CCC(n2c3c(c4ccccc42)CCC(C2C=CC4C(C2)SC2C(c5ccccc5)=CC=CC2C42c4ccccc4Sc4ccccc42)C3)C=C1. The molecule has 0 bridgehead atoms. The lowest BCUT2D eigenvalue weighted by atomic mass is 9.53. The lowest BCUT2D eigenvalue weighted by Crippen LogP contribution is -2.56. The van der Waals surface area contributed by atoms with Crippen LogP contribution in [0.1, 0.15) is 53.3 Å². The fourth-order valence-corrected chi connectivity index (χ4v) is 14.4.